The molecule has 5 heteroatoms. The highest BCUT2D eigenvalue weighted by Gasteiger charge is 2.12. The maximum atomic E-state index is 10.4. The molecule has 4 nitrogen and oxygen atoms in total. The Morgan fingerprint density at radius 2 is 2.08 bits per heavy atom. The van der Waals surface area contributed by atoms with Crippen LogP contribution in [0.15, 0.2) is 0 Å². The molecule has 0 spiro atoms. The SMILES string of the molecule is Cl.NC(=O)CNC1CCOCC1. The fourth-order valence-electron chi connectivity index (χ4n) is 1.15. The van der Waals surface area contributed by atoms with Crippen molar-refractivity contribution in [3.63, 3.8) is 0 Å². The van der Waals surface area contributed by atoms with Crippen molar-refractivity contribution in [2.24, 2.45) is 5.73 Å². The molecule has 3 N–H and O–H groups in total. The van der Waals surface area contributed by atoms with Crippen LogP contribution in [0.1, 0.15) is 12.8 Å². The summed E-state index contributed by atoms with van der Waals surface area (Å²) in [5, 5.41) is 3.07. The third-order valence-corrected chi connectivity index (χ3v) is 1.79. The van der Waals surface area contributed by atoms with Crippen LogP contribution in [0.4, 0.5) is 0 Å². The summed E-state index contributed by atoms with van der Waals surface area (Å²) < 4.78 is 5.15. The van der Waals surface area contributed by atoms with Crippen LogP contribution in [0.2, 0.25) is 0 Å². The third-order valence-electron chi connectivity index (χ3n) is 1.79. The van der Waals surface area contributed by atoms with E-state index in [2.05, 4.69) is 5.32 Å². The molecule has 1 heterocycles. The number of hydrogen-bond acceptors (Lipinski definition) is 3. The van der Waals surface area contributed by atoms with Crippen molar-refractivity contribution in [1.82, 2.24) is 5.32 Å². The highest BCUT2D eigenvalue weighted by Crippen LogP contribution is 2.04. The Morgan fingerprint density at radius 3 is 2.58 bits per heavy atom. The van der Waals surface area contributed by atoms with Gasteiger partial charge in [0.05, 0.1) is 6.54 Å². The van der Waals surface area contributed by atoms with Crippen LogP contribution in [0.25, 0.3) is 0 Å². The van der Waals surface area contributed by atoms with Gasteiger partial charge in [0, 0.05) is 19.3 Å². The molecule has 0 aromatic carbocycles. The summed E-state index contributed by atoms with van der Waals surface area (Å²) in [7, 11) is 0. The largest absolute Gasteiger partial charge is 0.381 e. The van der Waals surface area contributed by atoms with Gasteiger partial charge < -0.3 is 15.8 Å². The van der Waals surface area contributed by atoms with Crippen LogP contribution in [0.3, 0.4) is 0 Å². The van der Waals surface area contributed by atoms with Crippen molar-refractivity contribution in [1.29, 1.82) is 0 Å². The second-order valence-electron chi connectivity index (χ2n) is 2.73. The predicted molar refractivity (Wildman–Crippen MR) is 48.3 cm³/mol. The van der Waals surface area contributed by atoms with Crippen LogP contribution in [0.5, 0.6) is 0 Å². The maximum absolute atomic E-state index is 10.4. The number of nitrogens with two attached hydrogens (primary N) is 1. The van der Waals surface area contributed by atoms with E-state index in [1.54, 1.807) is 0 Å². The minimum atomic E-state index is -0.295. The van der Waals surface area contributed by atoms with Gasteiger partial charge in [-0.3, -0.25) is 4.79 Å². The molecule has 1 aliphatic rings. The van der Waals surface area contributed by atoms with Crippen LogP contribution in [0, 0.1) is 0 Å². The first-order valence-corrected chi connectivity index (χ1v) is 3.88. The van der Waals surface area contributed by atoms with Gasteiger partial charge in [0.1, 0.15) is 0 Å². The molecule has 1 saturated heterocycles. The summed E-state index contributed by atoms with van der Waals surface area (Å²) in [4.78, 5) is 10.4. The molecule has 0 aliphatic carbocycles. The Morgan fingerprint density at radius 1 is 1.50 bits per heavy atom. The van der Waals surface area contributed by atoms with Gasteiger partial charge >= 0.3 is 0 Å². The number of carbonyl (C=O) groups is 1. The topological polar surface area (TPSA) is 64.4 Å². The number of carbonyl (C=O) groups excluding carboxylic acids is 1. The molecular formula is C7H15ClN2O2. The van der Waals surface area contributed by atoms with Crippen LogP contribution >= 0.6 is 12.4 Å². The molecule has 1 aliphatic heterocycles. The minimum absolute atomic E-state index is 0. The van der Waals surface area contributed by atoms with E-state index in [0.29, 0.717) is 6.04 Å². The lowest BCUT2D eigenvalue weighted by atomic mass is 10.1. The Bertz CT molecular complexity index is 137. The van der Waals surface area contributed by atoms with Gasteiger partial charge in [-0.2, -0.15) is 0 Å². The van der Waals surface area contributed by atoms with Crippen molar-refractivity contribution in [3.8, 4) is 0 Å². The number of nitrogens with one attached hydrogen (secondary N) is 1. The fourth-order valence-corrected chi connectivity index (χ4v) is 1.15. The lowest BCUT2D eigenvalue weighted by Gasteiger charge is -2.22. The normalized spacial score (nSPS) is 18.3. The number of primary amides is 1. The van der Waals surface area contributed by atoms with E-state index in [4.69, 9.17) is 10.5 Å². The van der Waals surface area contributed by atoms with E-state index in [0.717, 1.165) is 26.1 Å². The molecule has 0 aromatic rings. The Labute approximate surface area is 78.2 Å². The molecule has 1 amide bonds. The average molecular weight is 195 g/mol. The highest BCUT2D eigenvalue weighted by molar-refractivity contribution is 5.85. The van der Waals surface area contributed by atoms with Crippen LogP contribution < -0.4 is 11.1 Å². The van der Waals surface area contributed by atoms with Crippen molar-refractivity contribution in [3.05, 3.63) is 0 Å². The first kappa shape index (κ1) is 11.7. The molecule has 0 saturated carbocycles. The zero-order valence-corrected chi connectivity index (χ0v) is 7.73. The Balaban J connectivity index is 0.00000121. The predicted octanol–water partition coefficient (Wildman–Crippen LogP) is -0.338. The van der Waals surface area contributed by atoms with Crippen LogP contribution in [-0.2, 0) is 9.53 Å². The summed E-state index contributed by atoms with van der Waals surface area (Å²) in [5.41, 5.74) is 4.98. The van der Waals surface area contributed by atoms with E-state index in [-0.39, 0.29) is 24.9 Å². The van der Waals surface area contributed by atoms with Crippen molar-refractivity contribution in [2.45, 2.75) is 18.9 Å². The van der Waals surface area contributed by atoms with Crippen molar-refractivity contribution >= 4 is 18.3 Å². The average Bonchev–Trinajstić information content (AvgIpc) is 2.03. The van der Waals surface area contributed by atoms with Crippen molar-refractivity contribution < 1.29 is 9.53 Å². The lowest BCUT2D eigenvalue weighted by molar-refractivity contribution is -0.117. The number of halogens is 1. The zero-order valence-electron chi connectivity index (χ0n) is 6.91. The first-order valence-electron chi connectivity index (χ1n) is 3.88. The van der Waals surface area contributed by atoms with E-state index in [1.165, 1.54) is 0 Å². The van der Waals surface area contributed by atoms with E-state index >= 15 is 0 Å². The molecular weight excluding hydrogens is 180 g/mol. The molecule has 1 rings (SSSR count). The maximum Gasteiger partial charge on any atom is 0.231 e. The Hall–Kier alpha value is -0.320. The van der Waals surface area contributed by atoms with Gasteiger partial charge in [0.15, 0.2) is 0 Å². The first-order chi connectivity index (χ1) is 5.29. The highest BCUT2D eigenvalue weighted by atomic mass is 35.5. The quantitative estimate of drug-likeness (QED) is 0.646. The molecule has 0 unspecified atom stereocenters. The number of amides is 1. The molecule has 0 radical (unpaired) electrons. The lowest BCUT2D eigenvalue weighted by Crippen LogP contribution is -2.39. The van der Waals surface area contributed by atoms with Gasteiger partial charge in [-0.05, 0) is 12.8 Å². The number of hydrogen-bond donors (Lipinski definition) is 2. The molecule has 0 bridgehead atoms. The van der Waals surface area contributed by atoms with E-state index in [9.17, 15) is 4.79 Å². The van der Waals surface area contributed by atoms with Gasteiger partial charge in [-0.15, -0.1) is 12.4 Å². The van der Waals surface area contributed by atoms with Gasteiger partial charge in [0.25, 0.3) is 0 Å². The summed E-state index contributed by atoms with van der Waals surface area (Å²) in [6.45, 7) is 1.86. The van der Waals surface area contributed by atoms with Gasteiger partial charge in [0.2, 0.25) is 5.91 Å². The Kier molecular flexibility index (Phi) is 6.06. The fraction of sp³-hybridized carbons (Fsp3) is 0.857. The van der Waals surface area contributed by atoms with Crippen LogP contribution in [-0.4, -0.2) is 31.7 Å². The summed E-state index contributed by atoms with van der Waals surface area (Å²) in [5.74, 6) is -0.295. The number of ether oxygens (including phenoxy) is 1. The second-order valence-corrected chi connectivity index (χ2v) is 2.73. The van der Waals surface area contributed by atoms with Gasteiger partial charge in [-0.25, -0.2) is 0 Å². The van der Waals surface area contributed by atoms with E-state index < -0.39 is 0 Å². The van der Waals surface area contributed by atoms with Crippen molar-refractivity contribution in [2.75, 3.05) is 19.8 Å². The third kappa shape index (κ3) is 4.54. The molecule has 0 aromatic heterocycles. The standard InChI is InChI=1S/C7H14N2O2.ClH/c8-7(10)5-9-6-1-3-11-4-2-6;/h6,9H,1-5H2,(H2,8,10);1H. The van der Waals surface area contributed by atoms with Gasteiger partial charge in [-0.1, -0.05) is 0 Å². The number of rotatable bonds is 3. The molecule has 12 heavy (non-hydrogen) atoms. The van der Waals surface area contributed by atoms with E-state index in [1.807, 2.05) is 0 Å². The minimum Gasteiger partial charge on any atom is -0.381 e. The monoisotopic (exact) mass is 194 g/mol. The molecule has 0 atom stereocenters. The summed E-state index contributed by atoms with van der Waals surface area (Å²) in [6, 6.07) is 0.413. The summed E-state index contributed by atoms with van der Waals surface area (Å²) in [6.07, 6.45) is 1.96. The molecule has 72 valence electrons. The smallest absolute Gasteiger partial charge is 0.231 e. The molecule has 1 fully saturated rings. The zero-order chi connectivity index (χ0) is 8.10. The second kappa shape index (κ2) is 6.22. The summed E-state index contributed by atoms with van der Waals surface area (Å²) >= 11 is 0.